The van der Waals surface area contributed by atoms with E-state index in [1.54, 1.807) is 0 Å². The van der Waals surface area contributed by atoms with E-state index in [4.69, 9.17) is 9.72 Å². The van der Waals surface area contributed by atoms with Crippen LogP contribution in [0.3, 0.4) is 0 Å². The summed E-state index contributed by atoms with van der Waals surface area (Å²) >= 11 is 0. The van der Waals surface area contributed by atoms with Crippen molar-refractivity contribution in [3.63, 3.8) is 0 Å². The lowest BCUT2D eigenvalue weighted by Crippen LogP contribution is -2.11. The van der Waals surface area contributed by atoms with Crippen molar-refractivity contribution in [1.82, 2.24) is 9.38 Å². The van der Waals surface area contributed by atoms with E-state index in [1.165, 1.54) is 5.56 Å². The van der Waals surface area contributed by atoms with E-state index in [9.17, 15) is 0 Å². The van der Waals surface area contributed by atoms with Crippen molar-refractivity contribution in [1.29, 1.82) is 0 Å². The lowest BCUT2D eigenvalue weighted by atomic mass is 9.92. The van der Waals surface area contributed by atoms with Crippen LogP contribution in [0, 0.1) is 6.92 Å². The van der Waals surface area contributed by atoms with Crippen molar-refractivity contribution in [2.45, 2.75) is 46.5 Å². The number of imidazole rings is 1. The number of rotatable bonds is 5. The van der Waals surface area contributed by atoms with Crippen molar-refractivity contribution in [3.8, 4) is 5.75 Å². The summed E-state index contributed by atoms with van der Waals surface area (Å²) in [7, 11) is 0. The summed E-state index contributed by atoms with van der Waals surface area (Å²) in [6.45, 7) is 11.2. The number of aromatic nitrogens is 2. The Morgan fingerprint density at radius 3 is 2.62 bits per heavy atom. The minimum atomic E-state index is -0.132. The van der Waals surface area contributed by atoms with Gasteiger partial charge in [0, 0.05) is 11.6 Å². The molecule has 0 unspecified atom stereocenters. The molecule has 0 N–H and O–H groups in total. The SMILES string of the molecule is CCCOc1ccccc1N=Nc1c(C(C)(C)C)nc2cc(C)ccn12. The smallest absolute Gasteiger partial charge is 0.183 e. The predicted octanol–water partition coefficient (Wildman–Crippen LogP) is 6.14. The van der Waals surface area contributed by atoms with Crippen LogP contribution < -0.4 is 4.74 Å². The van der Waals surface area contributed by atoms with Crippen molar-refractivity contribution in [2.24, 2.45) is 10.2 Å². The molecular weight excluding hydrogens is 324 g/mol. The van der Waals surface area contributed by atoms with Gasteiger partial charge in [-0.2, -0.15) is 0 Å². The molecule has 136 valence electrons. The third-order valence-corrected chi connectivity index (χ3v) is 4.05. The number of nitrogens with zero attached hydrogens (tertiary/aromatic N) is 4. The Bertz CT molecular complexity index is 935. The molecule has 2 aromatic heterocycles. The highest BCUT2D eigenvalue weighted by Crippen LogP contribution is 2.35. The van der Waals surface area contributed by atoms with E-state index in [1.807, 2.05) is 34.9 Å². The number of para-hydroxylation sites is 1. The van der Waals surface area contributed by atoms with Gasteiger partial charge in [0.2, 0.25) is 0 Å². The van der Waals surface area contributed by atoms with E-state index in [0.717, 1.165) is 35.0 Å². The van der Waals surface area contributed by atoms with Gasteiger partial charge >= 0.3 is 0 Å². The number of aryl methyl sites for hydroxylation is 1. The molecule has 0 bridgehead atoms. The summed E-state index contributed by atoms with van der Waals surface area (Å²) in [4.78, 5) is 4.81. The zero-order valence-electron chi connectivity index (χ0n) is 16.2. The maximum absolute atomic E-state index is 5.78. The van der Waals surface area contributed by atoms with Gasteiger partial charge in [-0.05, 0) is 43.2 Å². The third kappa shape index (κ3) is 3.77. The van der Waals surface area contributed by atoms with Crippen molar-refractivity contribution < 1.29 is 4.74 Å². The molecule has 0 aliphatic heterocycles. The first-order chi connectivity index (χ1) is 12.4. The summed E-state index contributed by atoms with van der Waals surface area (Å²) in [5.74, 6) is 1.51. The van der Waals surface area contributed by atoms with Crippen LogP contribution in [0.2, 0.25) is 0 Å². The maximum Gasteiger partial charge on any atom is 0.183 e. The van der Waals surface area contributed by atoms with Gasteiger partial charge in [-0.3, -0.25) is 4.40 Å². The van der Waals surface area contributed by atoms with Crippen LogP contribution in [-0.4, -0.2) is 16.0 Å². The Morgan fingerprint density at radius 2 is 1.88 bits per heavy atom. The topological polar surface area (TPSA) is 51.2 Å². The molecule has 2 heterocycles. The van der Waals surface area contributed by atoms with Crippen LogP contribution in [0.1, 0.15) is 45.4 Å². The Hall–Kier alpha value is -2.69. The van der Waals surface area contributed by atoms with Crippen molar-refractivity contribution in [3.05, 3.63) is 53.9 Å². The number of azo groups is 1. The number of fused-ring (bicyclic) bond motifs is 1. The van der Waals surface area contributed by atoms with Gasteiger partial charge in [0.05, 0.1) is 12.3 Å². The van der Waals surface area contributed by atoms with E-state index < -0.39 is 0 Å². The molecule has 0 fully saturated rings. The second-order valence-electron chi connectivity index (χ2n) is 7.48. The van der Waals surface area contributed by atoms with Gasteiger partial charge in [0.1, 0.15) is 17.1 Å². The molecule has 0 atom stereocenters. The fourth-order valence-corrected chi connectivity index (χ4v) is 2.71. The van der Waals surface area contributed by atoms with Crippen LogP contribution in [0.5, 0.6) is 5.75 Å². The van der Waals surface area contributed by atoms with Crippen LogP contribution in [0.25, 0.3) is 5.65 Å². The molecule has 5 heteroatoms. The molecule has 26 heavy (non-hydrogen) atoms. The zero-order chi connectivity index (χ0) is 18.7. The third-order valence-electron chi connectivity index (χ3n) is 4.05. The largest absolute Gasteiger partial charge is 0.491 e. The van der Waals surface area contributed by atoms with Gasteiger partial charge in [0.15, 0.2) is 5.82 Å². The highest BCUT2D eigenvalue weighted by Gasteiger charge is 2.24. The molecule has 0 spiro atoms. The number of benzene rings is 1. The van der Waals surface area contributed by atoms with Crippen molar-refractivity contribution >= 4 is 17.2 Å². The zero-order valence-corrected chi connectivity index (χ0v) is 16.2. The van der Waals surface area contributed by atoms with Crippen LogP contribution in [-0.2, 0) is 5.41 Å². The monoisotopic (exact) mass is 350 g/mol. The number of ether oxygens (including phenoxy) is 1. The molecule has 1 aromatic carbocycles. The molecule has 0 radical (unpaired) electrons. The fourth-order valence-electron chi connectivity index (χ4n) is 2.71. The number of pyridine rings is 1. The summed E-state index contributed by atoms with van der Waals surface area (Å²) in [6, 6.07) is 11.8. The molecule has 0 saturated heterocycles. The first kappa shape index (κ1) is 18.1. The predicted molar refractivity (Wildman–Crippen MR) is 105 cm³/mol. The second kappa shape index (κ2) is 7.28. The summed E-state index contributed by atoms with van der Waals surface area (Å²) in [6.07, 6.45) is 2.95. The molecule has 0 aliphatic rings. The summed E-state index contributed by atoms with van der Waals surface area (Å²) in [5.41, 5.74) is 3.58. The molecule has 0 amide bonds. The van der Waals surface area contributed by atoms with Gasteiger partial charge in [-0.1, -0.05) is 39.8 Å². The molecule has 5 nitrogen and oxygen atoms in total. The Balaban J connectivity index is 2.07. The highest BCUT2D eigenvalue weighted by atomic mass is 16.5. The maximum atomic E-state index is 5.78. The first-order valence-electron chi connectivity index (χ1n) is 9.03. The fraction of sp³-hybridized carbons (Fsp3) is 0.381. The first-order valence-corrected chi connectivity index (χ1v) is 9.03. The Labute approximate surface area is 154 Å². The van der Waals surface area contributed by atoms with Gasteiger partial charge in [-0.25, -0.2) is 4.98 Å². The average molecular weight is 350 g/mol. The van der Waals surface area contributed by atoms with Crippen LogP contribution in [0.4, 0.5) is 11.5 Å². The molecule has 3 rings (SSSR count). The van der Waals surface area contributed by atoms with E-state index in [-0.39, 0.29) is 5.41 Å². The highest BCUT2D eigenvalue weighted by molar-refractivity contribution is 5.56. The molecular formula is C21H26N4O. The normalized spacial score (nSPS) is 12.2. The van der Waals surface area contributed by atoms with Gasteiger partial charge in [-0.15, -0.1) is 10.2 Å². The molecule has 0 aliphatic carbocycles. The van der Waals surface area contributed by atoms with E-state index in [0.29, 0.717) is 6.61 Å². The van der Waals surface area contributed by atoms with Gasteiger partial charge in [0.25, 0.3) is 0 Å². The lowest BCUT2D eigenvalue weighted by molar-refractivity contribution is 0.318. The number of hydrogen-bond donors (Lipinski definition) is 0. The molecule has 0 saturated carbocycles. The summed E-state index contributed by atoms with van der Waals surface area (Å²) in [5, 5.41) is 9.06. The standard InChI is InChI=1S/C21H26N4O/c1-6-13-26-17-10-8-7-9-16(17)23-24-20-19(21(3,4)5)22-18-14-15(2)11-12-25(18)20/h7-12,14H,6,13H2,1-5H3. The number of hydrogen-bond acceptors (Lipinski definition) is 4. The Morgan fingerprint density at radius 1 is 1.12 bits per heavy atom. The Kier molecular flexibility index (Phi) is 5.07. The van der Waals surface area contributed by atoms with E-state index >= 15 is 0 Å². The quantitative estimate of drug-likeness (QED) is 0.519. The summed E-state index contributed by atoms with van der Waals surface area (Å²) < 4.78 is 7.77. The van der Waals surface area contributed by atoms with Gasteiger partial charge < -0.3 is 4.74 Å². The minimum absolute atomic E-state index is 0.132. The second-order valence-corrected chi connectivity index (χ2v) is 7.48. The minimum Gasteiger partial charge on any atom is -0.491 e. The molecule has 3 aromatic rings. The van der Waals surface area contributed by atoms with E-state index in [2.05, 4.69) is 57.0 Å². The van der Waals surface area contributed by atoms with Crippen LogP contribution >= 0.6 is 0 Å². The lowest BCUT2D eigenvalue weighted by Gasteiger charge is -2.15. The van der Waals surface area contributed by atoms with Crippen molar-refractivity contribution in [2.75, 3.05) is 6.61 Å². The average Bonchev–Trinajstić information content (AvgIpc) is 2.96. The van der Waals surface area contributed by atoms with Crippen LogP contribution in [0.15, 0.2) is 52.8 Å².